The Labute approximate surface area is 132 Å². The number of benzene rings is 1. The van der Waals surface area contributed by atoms with Gasteiger partial charge in [-0.25, -0.2) is 4.98 Å². The van der Waals surface area contributed by atoms with Crippen molar-refractivity contribution in [2.75, 3.05) is 5.32 Å². The van der Waals surface area contributed by atoms with E-state index in [9.17, 15) is 0 Å². The van der Waals surface area contributed by atoms with E-state index in [2.05, 4.69) is 56.9 Å². The normalized spacial score (nSPS) is 10.7. The number of unbranched alkanes of at least 4 members (excludes halogenated alkanes) is 1. The first kappa shape index (κ1) is 14.7. The SMILES string of the molecule is CCCCc1nc(Cl)c(CNc2cccc(I)c2)[nH]1. The van der Waals surface area contributed by atoms with Crippen molar-refractivity contribution in [1.29, 1.82) is 0 Å². The Morgan fingerprint density at radius 1 is 1.42 bits per heavy atom. The molecule has 102 valence electrons. The summed E-state index contributed by atoms with van der Waals surface area (Å²) in [6, 6.07) is 8.25. The number of aromatic nitrogens is 2. The highest BCUT2D eigenvalue weighted by molar-refractivity contribution is 14.1. The molecule has 0 atom stereocenters. The summed E-state index contributed by atoms with van der Waals surface area (Å²) in [6.07, 6.45) is 3.25. The first-order valence-electron chi connectivity index (χ1n) is 6.41. The molecule has 0 aliphatic heterocycles. The molecular weight excluding hydrogens is 373 g/mol. The molecule has 0 fully saturated rings. The highest BCUT2D eigenvalue weighted by Crippen LogP contribution is 2.17. The standard InChI is InChI=1S/C14H17ClIN3/c1-2-3-7-13-18-12(14(15)19-13)9-17-11-6-4-5-10(16)8-11/h4-6,8,17H,2-3,7,9H2,1H3,(H,18,19). The van der Waals surface area contributed by atoms with Crippen molar-refractivity contribution in [1.82, 2.24) is 9.97 Å². The van der Waals surface area contributed by atoms with Crippen LogP contribution in [0.5, 0.6) is 0 Å². The number of rotatable bonds is 6. The Balaban J connectivity index is 1.97. The fourth-order valence-corrected chi connectivity index (χ4v) is 2.57. The summed E-state index contributed by atoms with van der Waals surface area (Å²) in [5.74, 6) is 0.978. The van der Waals surface area contributed by atoms with E-state index < -0.39 is 0 Å². The number of hydrogen-bond acceptors (Lipinski definition) is 2. The second kappa shape index (κ2) is 7.14. The molecule has 3 nitrogen and oxygen atoms in total. The van der Waals surface area contributed by atoms with Crippen molar-refractivity contribution in [3.63, 3.8) is 0 Å². The van der Waals surface area contributed by atoms with Gasteiger partial charge in [-0.05, 0) is 47.2 Å². The summed E-state index contributed by atoms with van der Waals surface area (Å²) < 4.78 is 1.21. The summed E-state index contributed by atoms with van der Waals surface area (Å²) >= 11 is 8.44. The number of nitrogens with zero attached hydrogens (tertiary/aromatic N) is 1. The third-order valence-electron chi connectivity index (χ3n) is 2.84. The molecule has 0 spiro atoms. The number of aromatic amines is 1. The van der Waals surface area contributed by atoms with Gasteiger partial charge < -0.3 is 10.3 Å². The zero-order valence-corrected chi connectivity index (χ0v) is 13.8. The predicted molar refractivity (Wildman–Crippen MR) is 88.7 cm³/mol. The second-order valence-corrected chi connectivity index (χ2v) is 6.02. The van der Waals surface area contributed by atoms with Crippen molar-refractivity contribution in [2.24, 2.45) is 0 Å². The summed E-state index contributed by atoms with van der Waals surface area (Å²) in [5, 5.41) is 3.92. The third kappa shape index (κ3) is 4.38. The molecule has 1 heterocycles. The number of nitrogens with one attached hydrogen (secondary N) is 2. The van der Waals surface area contributed by atoms with Gasteiger partial charge in [-0.15, -0.1) is 0 Å². The largest absolute Gasteiger partial charge is 0.379 e. The maximum atomic E-state index is 6.14. The molecule has 2 N–H and O–H groups in total. The number of imidazole rings is 1. The third-order valence-corrected chi connectivity index (χ3v) is 3.82. The zero-order chi connectivity index (χ0) is 13.7. The van der Waals surface area contributed by atoms with Crippen LogP contribution in [-0.2, 0) is 13.0 Å². The Kier molecular flexibility index (Phi) is 5.51. The lowest BCUT2D eigenvalue weighted by molar-refractivity contribution is 0.760. The Morgan fingerprint density at radius 3 is 3.00 bits per heavy atom. The summed E-state index contributed by atoms with van der Waals surface area (Å²) in [6.45, 7) is 2.84. The fraction of sp³-hybridized carbons (Fsp3) is 0.357. The lowest BCUT2D eigenvalue weighted by Gasteiger charge is -2.05. The Bertz CT molecular complexity index is 539. The number of halogens is 2. The molecule has 0 amide bonds. The van der Waals surface area contributed by atoms with E-state index in [-0.39, 0.29) is 0 Å². The van der Waals surface area contributed by atoms with E-state index in [0.29, 0.717) is 11.7 Å². The maximum absolute atomic E-state index is 6.14. The average molecular weight is 390 g/mol. The van der Waals surface area contributed by atoms with E-state index in [1.807, 2.05) is 12.1 Å². The second-order valence-electron chi connectivity index (χ2n) is 4.42. The maximum Gasteiger partial charge on any atom is 0.152 e. The number of hydrogen-bond donors (Lipinski definition) is 2. The molecule has 0 aliphatic rings. The molecule has 0 radical (unpaired) electrons. The van der Waals surface area contributed by atoms with Gasteiger partial charge in [0, 0.05) is 15.7 Å². The van der Waals surface area contributed by atoms with Gasteiger partial charge in [0.1, 0.15) is 5.82 Å². The van der Waals surface area contributed by atoms with Crippen LogP contribution >= 0.6 is 34.2 Å². The number of aryl methyl sites for hydroxylation is 1. The lowest BCUT2D eigenvalue weighted by Crippen LogP contribution is -2.00. The van der Waals surface area contributed by atoms with Gasteiger partial charge in [0.05, 0.1) is 12.2 Å². The molecule has 5 heteroatoms. The highest BCUT2D eigenvalue weighted by atomic mass is 127. The minimum atomic E-state index is 0.573. The van der Waals surface area contributed by atoms with Gasteiger partial charge in [-0.2, -0.15) is 0 Å². The van der Waals surface area contributed by atoms with Gasteiger partial charge in [0.25, 0.3) is 0 Å². The van der Waals surface area contributed by atoms with Crippen LogP contribution in [0, 0.1) is 3.57 Å². The van der Waals surface area contributed by atoms with Gasteiger partial charge in [-0.3, -0.25) is 0 Å². The topological polar surface area (TPSA) is 40.7 Å². The van der Waals surface area contributed by atoms with Gasteiger partial charge >= 0.3 is 0 Å². The lowest BCUT2D eigenvalue weighted by atomic mass is 10.2. The van der Waals surface area contributed by atoms with Crippen LogP contribution in [0.2, 0.25) is 5.15 Å². The molecular formula is C14H17ClIN3. The molecule has 19 heavy (non-hydrogen) atoms. The first-order valence-corrected chi connectivity index (χ1v) is 7.87. The van der Waals surface area contributed by atoms with Crippen molar-refractivity contribution in [3.05, 3.63) is 44.5 Å². The van der Waals surface area contributed by atoms with Gasteiger partial charge in [0.15, 0.2) is 5.15 Å². The Hall–Kier alpha value is -0.750. The van der Waals surface area contributed by atoms with E-state index in [0.717, 1.165) is 36.5 Å². The smallest absolute Gasteiger partial charge is 0.152 e. The first-order chi connectivity index (χ1) is 9.19. The number of anilines is 1. The van der Waals surface area contributed by atoms with Crippen molar-refractivity contribution < 1.29 is 0 Å². The average Bonchev–Trinajstić information content (AvgIpc) is 2.75. The molecule has 2 rings (SSSR count). The fourth-order valence-electron chi connectivity index (χ4n) is 1.81. The van der Waals surface area contributed by atoms with Crippen LogP contribution in [0.1, 0.15) is 31.3 Å². The van der Waals surface area contributed by atoms with E-state index in [1.165, 1.54) is 3.57 Å². The van der Waals surface area contributed by atoms with Crippen LogP contribution in [-0.4, -0.2) is 9.97 Å². The molecule has 0 aliphatic carbocycles. The van der Waals surface area contributed by atoms with E-state index in [4.69, 9.17) is 11.6 Å². The van der Waals surface area contributed by atoms with Gasteiger partial charge in [-0.1, -0.05) is 31.0 Å². The van der Waals surface area contributed by atoms with Crippen LogP contribution in [0.25, 0.3) is 0 Å². The summed E-state index contributed by atoms with van der Waals surface area (Å²) in [5.41, 5.74) is 2.04. The van der Waals surface area contributed by atoms with Crippen LogP contribution < -0.4 is 5.32 Å². The van der Waals surface area contributed by atoms with Crippen LogP contribution in [0.4, 0.5) is 5.69 Å². The zero-order valence-electron chi connectivity index (χ0n) is 10.8. The minimum Gasteiger partial charge on any atom is -0.379 e. The summed E-state index contributed by atoms with van der Waals surface area (Å²) in [4.78, 5) is 7.64. The highest BCUT2D eigenvalue weighted by Gasteiger charge is 2.07. The molecule has 0 bridgehead atoms. The number of H-pyrrole nitrogens is 1. The molecule has 1 aromatic carbocycles. The van der Waals surface area contributed by atoms with Crippen LogP contribution in [0.15, 0.2) is 24.3 Å². The Morgan fingerprint density at radius 2 is 2.26 bits per heavy atom. The predicted octanol–water partition coefficient (Wildman–Crippen LogP) is 4.62. The van der Waals surface area contributed by atoms with Crippen LogP contribution in [0.3, 0.4) is 0 Å². The van der Waals surface area contributed by atoms with Gasteiger partial charge in [0.2, 0.25) is 0 Å². The molecule has 0 unspecified atom stereocenters. The molecule has 2 aromatic rings. The minimum absolute atomic E-state index is 0.573. The molecule has 0 saturated heterocycles. The summed E-state index contributed by atoms with van der Waals surface area (Å²) in [7, 11) is 0. The van der Waals surface area contributed by atoms with Crippen molar-refractivity contribution in [3.8, 4) is 0 Å². The molecule has 0 saturated carbocycles. The van der Waals surface area contributed by atoms with Crippen molar-refractivity contribution in [2.45, 2.75) is 32.7 Å². The van der Waals surface area contributed by atoms with Crippen molar-refractivity contribution >= 4 is 39.9 Å². The monoisotopic (exact) mass is 389 g/mol. The molecule has 1 aromatic heterocycles. The quantitative estimate of drug-likeness (QED) is 0.708. The van der Waals surface area contributed by atoms with E-state index >= 15 is 0 Å². The van der Waals surface area contributed by atoms with E-state index in [1.54, 1.807) is 0 Å².